The lowest BCUT2D eigenvalue weighted by molar-refractivity contribution is -0.118. The van der Waals surface area contributed by atoms with Gasteiger partial charge < -0.3 is 4.74 Å². The molecule has 0 radical (unpaired) electrons. The van der Waals surface area contributed by atoms with Crippen molar-refractivity contribution >= 4 is 5.91 Å². The summed E-state index contributed by atoms with van der Waals surface area (Å²) in [6.45, 7) is 4.38. The molecule has 1 fully saturated rings. The van der Waals surface area contributed by atoms with Crippen molar-refractivity contribution in [1.29, 1.82) is 0 Å². The van der Waals surface area contributed by atoms with E-state index in [-0.39, 0.29) is 6.42 Å². The Balaban J connectivity index is 1.82. The van der Waals surface area contributed by atoms with Crippen LogP contribution in [0.4, 0.5) is 0 Å². The SMILES string of the molecule is C/C=C(\C=C/C(C)C1CCCC[C@H](OC2=CCCC=C2)C1)CCCCC(=O)N=O. The first kappa shape index (κ1) is 23.3. The standard InChI is InChI=1S/C25H37NO3/c1-3-21(11-7-10-16-25(27)26-28)18-17-20(2)22-12-8-9-15-24(19-22)29-23-13-5-4-6-14-23/h3,5,13-14,17-18,20,22,24H,4,6-12,15-16,19H2,1-2H3/b18-17-,21-3-/t20?,22?,24-/m0/s1. The van der Waals surface area contributed by atoms with Gasteiger partial charge >= 0.3 is 0 Å². The van der Waals surface area contributed by atoms with Crippen molar-refractivity contribution in [2.24, 2.45) is 17.0 Å². The fourth-order valence-corrected chi connectivity index (χ4v) is 4.21. The largest absolute Gasteiger partial charge is 0.491 e. The van der Waals surface area contributed by atoms with Crippen molar-refractivity contribution in [2.75, 3.05) is 0 Å². The van der Waals surface area contributed by atoms with Crippen LogP contribution in [0.15, 0.2) is 53.0 Å². The molecule has 2 aliphatic rings. The summed E-state index contributed by atoms with van der Waals surface area (Å²) in [7, 11) is 0. The highest BCUT2D eigenvalue weighted by molar-refractivity contribution is 5.76. The number of allylic oxidation sites excluding steroid dienone is 7. The van der Waals surface area contributed by atoms with E-state index >= 15 is 0 Å². The van der Waals surface area contributed by atoms with Crippen LogP contribution >= 0.6 is 0 Å². The van der Waals surface area contributed by atoms with E-state index in [2.05, 4.69) is 55.5 Å². The Hall–Kier alpha value is -1.97. The zero-order valence-electron chi connectivity index (χ0n) is 18.1. The summed E-state index contributed by atoms with van der Waals surface area (Å²) in [4.78, 5) is 21.1. The van der Waals surface area contributed by atoms with E-state index in [9.17, 15) is 9.70 Å². The molecule has 2 rings (SSSR count). The molecule has 0 aromatic carbocycles. The zero-order valence-corrected chi connectivity index (χ0v) is 18.1. The number of rotatable bonds is 10. The monoisotopic (exact) mass is 399 g/mol. The zero-order chi connectivity index (χ0) is 20.9. The molecule has 3 atom stereocenters. The van der Waals surface area contributed by atoms with Crippen LogP contribution < -0.4 is 0 Å². The predicted molar refractivity (Wildman–Crippen MR) is 119 cm³/mol. The Bertz CT molecular complexity index is 644. The minimum atomic E-state index is -0.541. The summed E-state index contributed by atoms with van der Waals surface area (Å²) in [5.74, 6) is 1.69. The van der Waals surface area contributed by atoms with Crippen LogP contribution in [0.5, 0.6) is 0 Å². The van der Waals surface area contributed by atoms with Gasteiger partial charge in [-0.2, -0.15) is 0 Å². The average Bonchev–Trinajstić information content (AvgIpc) is 2.99. The summed E-state index contributed by atoms with van der Waals surface area (Å²) in [5.41, 5.74) is 1.29. The Morgan fingerprint density at radius 1 is 1.24 bits per heavy atom. The molecule has 0 aromatic heterocycles. The summed E-state index contributed by atoms with van der Waals surface area (Å²) < 4.78 is 6.31. The maximum absolute atomic E-state index is 11.0. The van der Waals surface area contributed by atoms with Gasteiger partial charge in [-0.3, -0.25) is 4.79 Å². The van der Waals surface area contributed by atoms with Crippen LogP contribution in [-0.4, -0.2) is 12.0 Å². The molecule has 160 valence electrons. The molecule has 4 nitrogen and oxygen atoms in total. The third-order valence-electron chi connectivity index (χ3n) is 6.12. The van der Waals surface area contributed by atoms with Crippen molar-refractivity contribution in [3.05, 3.63) is 52.7 Å². The van der Waals surface area contributed by atoms with E-state index in [0.29, 0.717) is 17.9 Å². The normalized spacial score (nSPS) is 24.1. The van der Waals surface area contributed by atoms with Gasteiger partial charge in [0.2, 0.25) is 0 Å². The van der Waals surface area contributed by atoms with Crippen LogP contribution in [0, 0.1) is 16.7 Å². The van der Waals surface area contributed by atoms with Crippen LogP contribution in [0.25, 0.3) is 0 Å². The van der Waals surface area contributed by atoms with Crippen LogP contribution in [0.3, 0.4) is 0 Å². The van der Waals surface area contributed by atoms with Crippen molar-refractivity contribution < 1.29 is 9.53 Å². The molecule has 0 aromatic rings. The van der Waals surface area contributed by atoms with Gasteiger partial charge in [0.05, 0.1) is 6.10 Å². The highest BCUT2D eigenvalue weighted by Gasteiger charge is 2.25. The molecule has 0 N–H and O–H groups in total. The van der Waals surface area contributed by atoms with Crippen LogP contribution in [0.1, 0.15) is 84.5 Å². The third-order valence-corrected chi connectivity index (χ3v) is 6.12. The van der Waals surface area contributed by atoms with E-state index in [4.69, 9.17) is 4.74 Å². The van der Waals surface area contributed by atoms with Crippen molar-refractivity contribution in [1.82, 2.24) is 0 Å². The lowest BCUT2D eigenvalue weighted by Crippen LogP contribution is -2.19. The lowest BCUT2D eigenvalue weighted by Gasteiger charge is -2.25. The van der Waals surface area contributed by atoms with Gasteiger partial charge in [-0.25, -0.2) is 0 Å². The molecule has 2 unspecified atom stereocenters. The minimum absolute atomic E-state index is 0.260. The summed E-state index contributed by atoms with van der Waals surface area (Å²) in [6, 6.07) is 0. The highest BCUT2D eigenvalue weighted by Crippen LogP contribution is 2.33. The second-order valence-corrected chi connectivity index (χ2v) is 8.38. The fraction of sp³-hybridized carbons (Fsp3) is 0.640. The summed E-state index contributed by atoms with van der Waals surface area (Å²) in [6.07, 6.45) is 24.8. The molecule has 2 aliphatic carbocycles. The molecular weight excluding hydrogens is 362 g/mol. The lowest BCUT2D eigenvalue weighted by atomic mass is 9.86. The van der Waals surface area contributed by atoms with E-state index in [1.165, 1.54) is 24.8 Å². The van der Waals surface area contributed by atoms with Gasteiger partial charge in [0, 0.05) is 11.6 Å². The maximum Gasteiger partial charge on any atom is 0.286 e. The second kappa shape index (κ2) is 13.3. The molecule has 1 amide bonds. The smallest absolute Gasteiger partial charge is 0.286 e. The second-order valence-electron chi connectivity index (χ2n) is 8.38. The highest BCUT2D eigenvalue weighted by atomic mass is 16.5. The van der Waals surface area contributed by atoms with Gasteiger partial charge in [0.15, 0.2) is 0 Å². The van der Waals surface area contributed by atoms with E-state index in [1.54, 1.807) is 0 Å². The minimum Gasteiger partial charge on any atom is -0.491 e. The Kier molecular flexibility index (Phi) is 10.7. The first-order valence-electron chi connectivity index (χ1n) is 11.3. The van der Waals surface area contributed by atoms with Crippen LogP contribution in [0.2, 0.25) is 0 Å². The Labute approximate surface area is 176 Å². The first-order chi connectivity index (χ1) is 14.1. The Morgan fingerprint density at radius 2 is 2.03 bits per heavy atom. The quantitative estimate of drug-likeness (QED) is 0.169. The Morgan fingerprint density at radius 3 is 2.76 bits per heavy atom. The number of carbonyl (C=O) groups is 1. The average molecular weight is 400 g/mol. The molecule has 0 aliphatic heterocycles. The van der Waals surface area contributed by atoms with Gasteiger partial charge in [-0.1, -0.05) is 43.2 Å². The fourth-order valence-electron chi connectivity index (χ4n) is 4.21. The van der Waals surface area contributed by atoms with Crippen molar-refractivity contribution in [3.8, 4) is 0 Å². The third kappa shape index (κ3) is 8.93. The van der Waals surface area contributed by atoms with Gasteiger partial charge in [-0.15, -0.1) is 4.91 Å². The van der Waals surface area contributed by atoms with E-state index < -0.39 is 5.91 Å². The van der Waals surface area contributed by atoms with E-state index in [1.807, 2.05) is 0 Å². The molecule has 0 spiro atoms. The number of nitroso groups, excluding NO2 is 1. The molecule has 29 heavy (non-hydrogen) atoms. The van der Waals surface area contributed by atoms with Crippen molar-refractivity contribution in [2.45, 2.75) is 90.6 Å². The summed E-state index contributed by atoms with van der Waals surface area (Å²) >= 11 is 0. The van der Waals surface area contributed by atoms with Gasteiger partial charge in [0.1, 0.15) is 5.76 Å². The first-order valence-corrected chi connectivity index (χ1v) is 11.3. The van der Waals surface area contributed by atoms with Gasteiger partial charge in [0.25, 0.3) is 5.91 Å². The summed E-state index contributed by atoms with van der Waals surface area (Å²) in [5, 5.41) is 2.45. The van der Waals surface area contributed by atoms with Crippen molar-refractivity contribution in [3.63, 3.8) is 0 Å². The number of unbranched alkanes of at least 4 members (excludes halogenated alkanes) is 1. The van der Waals surface area contributed by atoms with Crippen LogP contribution in [-0.2, 0) is 9.53 Å². The van der Waals surface area contributed by atoms with Gasteiger partial charge in [-0.05, 0) is 88.7 Å². The molecule has 4 heteroatoms. The van der Waals surface area contributed by atoms with E-state index in [0.717, 1.165) is 50.7 Å². The number of carbonyl (C=O) groups excluding carboxylic acids is 1. The number of hydrogen-bond acceptors (Lipinski definition) is 3. The molecule has 1 saturated carbocycles. The predicted octanol–water partition coefficient (Wildman–Crippen LogP) is 7.18. The molecule has 0 saturated heterocycles. The number of nitrogens with zero attached hydrogens (tertiary/aromatic N) is 1. The molecular formula is C25H37NO3. The molecule has 0 heterocycles. The number of hydrogen-bond donors (Lipinski definition) is 0. The maximum atomic E-state index is 11.0. The molecule has 0 bridgehead atoms. The number of amides is 1. The topological polar surface area (TPSA) is 55.7 Å². The number of ether oxygens (including phenoxy) is 1.